The highest BCUT2D eigenvalue weighted by molar-refractivity contribution is 5.79. The van der Waals surface area contributed by atoms with E-state index in [0.29, 0.717) is 24.0 Å². The van der Waals surface area contributed by atoms with E-state index in [9.17, 15) is 4.79 Å². The van der Waals surface area contributed by atoms with Crippen LogP contribution in [0, 0.1) is 5.92 Å². The lowest BCUT2D eigenvalue weighted by molar-refractivity contribution is -0.138. The first kappa shape index (κ1) is 15.8. The molecule has 0 saturated carbocycles. The van der Waals surface area contributed by atoms with Gasteiger partial charge in [-0.2, -0.15) is 0 Å². The van der Waals surface area contributed by atoms with Crippen molar-refractivity contribution in [3.05, 3.63) is 0 Å². The maximum Gasteiger partial charge on any atom is 0.225 e. The van der Waals surface area contributed by atoms with Gasteiger partial charge in [0.1, 0.15) is 0 Å². The van der Waals surface area contributed by atoms with E-state index in [4.69, 9.17) is 0 Å². The maximum atomic E-state index is 12.6. The fourth-order valence-corrected chi connectivity index (χ4v) is 3.61. The van der Waals surface area contributed by atoms with Crippen LogP contribution in [0.5, 0.6) is 0 Å². The van der Waals surface area contributed by atoms with Crippen molar-refractivity contribution in [3.8, 4) is 0 Å². The molecule has 116 valence electrons. The molecule has 2 rings (SSSR count). The zero-order chi connectivity index (χ0) is 14.7. The summed E-state index contributed by atoms with van der Waals surface area (Å²) in [5.74, 6) is 0.612. The molecule has 2 atom stereocenters. The fourth-order valence-electron chi connectivity index (χ4n) is 3.61. The van der Waals surface area contributed by atoms with Gasteiger partial charge >= 0.3 is 0 Å². The maximum absolute atomic E-state index is 12.6. The molecular weight excluding hydrogens is 250 g/mol. The van der Waals surface area contributed by atoms with Crippen molar-refractivity contribution in [2.24, 2.45) is 5.92 Å². The molecular formula is C16H31N3O. The highest BCUT2D eigenvalue weighted by Crippen LogP contribution is 2.23. The summed E-state index contributed by atoms with van der Waals surface area (Å²) in [6, 6.07) is 1.55. The third-order valence-electron chi connectivity index (χ3n) is 5.10. The zero-order valence-electron chi connectivity index (χ0n) is 13.6. The van der Waals surface area contributed by atoms with Gasteiger partial charge in [-0.15, -0.1) is 0 Å². The molecule has 20 heavy (non-hydrogen) atoms. The van der Waals surface area contributed by atoms with Crippen molar-refractivity contribution in [1.29, 1.82) is 0 Å². The summed E-state index contributed by atoms with van der Waals surface area (Å²) in [4.78, 5) is 17.2. The Labute approximate surface area is 123 Å². The van der Waals surface area contributed by atoms with Crippen LogP contribution in [-0.4, -0.2) is 60.5 Å². The second-order valence-electron chi connectivity index (χ2n) is 6.89. The lowest BCUT2D eigenvalue weighted by atomic mass is 9.91. The van der Waals surface area contributed by atoms with Gasteiger partial charge in [-0.1, -0.05) is 0 Å². The van der Waals surface area contributed by atoms with Crippen LogP contribution in [0.2, 0.25) is 0 Å². The molecule has 2 aliphatic rings. The normalized spacial score (nSPS) is 29.6. The van der Waals surface area contributed by atoms with E-state index in [1.165, 1.54) is 0 Å². The van der Waals surface area contributed by atoms with Crippen LogP contribution in [0.15, 0.2) is 0 Å². The highest BCUT2D eigenvalue weighted by Gasteiger charge is 2.32. The van der Waals surface area contributed by atoms with Gasteiger partial charge in [0, 0.05) is 44.2 Å². The molecule has 2 unspecified atom stereocenters. The number of hydrogen-bond donors (Lipinski definition) is 1. The molecule has 0 bridgehead atoms. The molecule has 0 aromatic carbocycles. The van der Waals surface area contributed by atoms with Gasteiger partial charge in [0.05, 0.1) is 0 Å². The van der Waals surface area contributed by atoms with Crippen LogP contribution >= 0.6 is 0 Å². The van der Waals surface area contributed by atoms with Crippen LogP contribution in [0.1, 0.15) is 46.5 Å². The summed E-state index contributed by atoms with van der Waals surface area (Å²) >= 11 is 0. The van der Waals surface area contributed by atoms with Crippen molar-refractivity contribution in [1.82, 2.24) is 15.1 Å². The molecule has 2 saturated heterocycles. The van der Waals surface area contributed by atoms with Crippen LogP contribution < -0.4 is 5.32 Å². The van der Waals surface area contributed by atoms with E-state index >= 15 is 0 Å². The monoisotopic (exact) mass is 281 g/mol. The minimum Gasteiger partial charge on any atom is -0.342 e. The molecule has 4 heteroatoms. The fraction of sp³-hybridized carbons (Fsp3) is 0.938. The predicted molar refractivity (Wildman–Crippen MR) is 82.7 cm³/mol. The highest BCUT2D eigenvalue weighted by atomic mass is 16.2. The van der Waals surface area contributed by atoms with Crippen molar-refractivity contribution >= 4 is 5.91 Å². The van der Waals surface area contributed by atoms with Gasteiger partial charge in [0.25, 0.3) is 0 Å². The number of nitrogens with one attached hydrogen (secondary N) is 1. The molecule has 2 fully saturated rings. The molecule has 0 aromatic heterocycles. The van der Waals surface area contributed by atoms with Gasteiger partial charge in [0.15, 0.2) is 0 Å². The topological polar surface area (TPSA) is 35.6 Å². The minimum atomic E-state index is 0.236. The number of amides is 1. The number of piperidine rings is 2. The van der Waals surface area contributed by atoms with E-state index in [1.807, 2.05) is 7.05 Å². The summed E-state index contributed by atoms with van der Waals surface area (Å²) in [5.41, 5.74) is 0. The Morgan fingerprint density at radius 2 is 1.90 bits per heavy atom. The van der Waals surface area contributed by atoms with Crippen LogP contribution in [0.3, 0.4) is 0 Å². The van der Waals surface area contributed by atoms with Gasteiger partial charge in [-0.05, 0) is 53.0 Å². The molecule has 0 aromatic rings. The largest absolute Gasteiger partial charge is 0.342 e. The lowest BCUT2D eigenvalue weighted by Crippen LogP contribution is -2.50. The van der Waals surface area contributed by atoms with E-state index < -0.39 is 0 Å². The number of carbonyl (C=O) groups excluding carboxylic acids is 1. The first-order chi connectivity index (χ1) is 9.49. The predicted octanol–water partition coefficient (Wildman–Crippen LogP) is 1.71. The first-order valence-electron chi connectivity index (χ1n) is 8.23. The molecule has 0 aliphatic carbocycles. The van der Waals surface area contributed by atoms with E-state index in [1.54, 1.807) is 0 Å². The summed E-state index contributed by atoms with van der Waals surface area (Å²) < 4.78 is 0. The average molecular weight is 281 g/mol. The van der Waals surface area contributed by atoms with Gasteiger partial charge in [-0.3, -0.25) is 4.79 Å². The van der Waals surface area contributed by atoms with Gasteiger partial charge < -0.3 is 15.1 Å². The Bertz CT molecular complexity index is 324. The van der Waals surface area contributed by atoms with E-state index in [-0.39, 0.29) is 5.92 Å². The second-order valence-corrected chi connectivity index (χ2v) is 6.89. The Morgan fingerprint density at radius 3 is 2.45 bits per heavy atom. The standard InChI is InChI=1S/C16H31N3O/c1-12(2)19-9-6-15(7-10-19)18(4)16(20)14-5-8-17-13(3)11-14/h12-15,17H,5-11H2,1-4H3. The van der Waals surface area contributed by atoms with Crippen molar-refractivity contribution < 1.29 is 4.79 Å². The third-order valence-corrected chi connectivity index (χ3v) is 5.10. The molecule has 4 nitrogen and oxygen atoms in total. The molecule has 1 amide bonds. The number of rotatable bonds is 3. The summed E-state index contributed by atoms with van der Waals surface area (Å²) in [6.07, 6.45) is 4.24. The van der Waals surface area contributed by atoms with Crippen LogP contribution in [0.25, 0.3) is 0 Å². The number of nitrogens with zero attached hydrogens (tertiary/aromatic N) is 2. The Balaban J connectivity index is 1.85. The Kier molecular flexibility index (Phi) is 5.44. The van der Waals surface area contributed by atoms with Gasteiger partial charge in [0.2, 0.25) is 5.91 Å². The van der Waals surface area contributed by atoms with Crippen LogP contribution in [0.4, 0.5) is 0 Å². The van der Waals surface area contributed by atoms with Crippen molar-refractivity contribution in [3.63, 3.8) is 0 Å². The minimum absolute atomic E-state index is 0.236. The lowest BCUT2D eigenvalue weighted by Gasteiger charge is -2.40. The molecule has 1 N–H and O–H groups in total. The van der Waals surface area contributed by atoms with Gasteiger partial charge in [-0.25, -0.2) is 0 Å². The first-order valence-corrected chi connectivity index (χ1v) is 8.23. The van der Waals surface area contributed by atoms with Crippen molar-refractivity contribution in [2.75, 3.05) is 26.7 Å². The SMILES string of the molecule is CC1CC(C(=O)N(C)C2CCN(C(C)C)CC2)CCN1. The third kappa shape index (κ3) is 3.73. The number of carbonyl (C=O) groups is 1. The zero-order valence-corrected chi connectivity index (χ0v) is 13.6. The quantitative estimate of drug-likeness (QED) is 0.855. The molecule has 0 radical (unpaired) electrons. The second kappa shape index (κ2) is 6.90. The average Bonchev–Trinajstić information content (AvgIpc) is 2.46. The van der Waals surface area contributed by atoms with E-state index in [2.05, 4.69) is 35.9 Å². The summed E-state index contributed by atoms with van der Waals surface area (Å²) in [6.45, 7) is 9.93. The smallest absolute Gasteiger partial charge is 0.225 e. The van der Waals surface area contributed by atoms with E-state index in [0.717, 1.165) is 45.3 Å². The molecule has 2 heterocycles. The molecule has 2 aliphatic heterocycles. The number of hydrogen-bond acceptors (Lipinski definition) is 3. The summed E-state index contributed by atoms with van der Waals surface area (Å²) in [7, 11) is 2.02. The summed E-state index contributed by atoms with van der Waals surface area (Å²) in [5, 5.41) is 3.43. The molecule has 0 spiro atoms. The van der Waals surface area contributed by atoms with Crippen LogP contribution in [-0.2, 0) is 4.79 Å². The Morgan fingerprint density at radius 1 is 1.25 bits per heavy atom. The Hall–Kier alpha value is -0.610. The number of likely N-dealkylation sites (tertiary alicyclic amines) is 1. The van der Waals surface area contributed by atoms with Crippen molar-refractivity contribution in [2.45, 2.75) is 64.6 Å².